The van der Waals surface area contributed by atoms with E-state index in [9.17, 15) is 4.79 Å². The van der Waals surface area contributed by atoms with Crippen LogP contribution >= 0.6 is 11.6 Å². The van der Waals surface area contributed by atoms with Crippen molar-refractivity contribution in [2.45, 2.75) is 26.8 Å². The highest BCUT2D eigenvalue weighted by molar-refractivity contribution is 6.29. The number of carbonyl (C=O) groups is 1. The SMILES string of the molecule is CCOC(=O)c1cccc2nc(Cl)n(C(C)C)c12. The largest absolute Gasteiger partial charge is 0.462 e. The maximum atomic E-state index is 11.9. The van der Waals surface area contributed by atoms with Crippen LogP contribution in [0, 0.1) is 0 Å². The predicted octanol–water partition coefficient (Wildman–Crippen LogP) is 3.45. The molecule has 1 aromatic heterocycles. The van der Waals surface area contributed by atoms with Crippen molar-refractivity contribution in [2.75, 3.05) is 6.61 Å². The summed E-state index contributed by atoms with van der Waals surface area (Å²) >= 11 is 6.12. The summed E-state index contributed by atoms with van der Waals surface area (Å²) in [5, 5.41) is 0.386. The lowest BCUT2D eigenvalue weighted by atomic mass is 10.1. The smallest absolute Gasteiger partial charge is 0.340 e. The summed E-state index contributed by atoms with van der Waals surface area (Å²) in [6.45, 7) is 6.12. The Hall–Kier alpha value is -1.55. The average molecular weight is 267 g/mol. The first-order chi connectivity index (χ1) is 8.56. The Morgan fingerprint density at radius 3 is 2.83 bits per heavy atom. The van der Waals surface area contributed by atoms with E-state index in [-0.39, 0.29) is 12.0 Å². The van der Waals surface area contributed by atoms with Gasteiger partial charge in [-0.3, -0.25) is 0 Å². The molecule has 1 aromatic carbocycles. The van der Waals surface area contributed by atoms with Gasteiger partial charge in [0.25, 0.3) is 0 Å². The standard InChI is InChI=1S/C13H15ClN2O2/c1-4-18-12(17)9-6-5-7-10-11(9)16(8(2)3)13(14)15-10/h5-8H,4H2,1-3H3. The van der Waals surface area contributed by atoms with Crippen LogP contribution in [0.15, 0.2) is 18.2 Å². The Morgan fingerprint density at radius 2 is 2.22 bits per heavy atom. The number of fused-ring (bicyclic) bond motifs is 1. The summed E-state index contributed by atoms with van der Waals surface area (Å²) < 4.78 is 6.89. The van der Waals surface area contributed by atoms with Crippen molar-refractivity contribution in [1.82, 2.24) is 9.55 Å². The normalized spacial score (nSPS) is 11.2. The molecule has 0 aliphatic heterocycles. The lowest BCUT2D eigenvalue weighted by molar-refractivity contribution is 0.0528. The van der Waals surface area contributed by atoms with E-state index in [4.69, 9.17) is 16.3 Å². The van der Waals surface area contributed by atoms with Gasteiger partial charge in [0.05, 0.1) is 23.2 Å². The topological polar surface area (TPSA) is 44.1 Å². The van der Waals surface area contributed by atoms with E-state index in [0.717, 1.165) is 5.52 Å². The molecular weight excluding hydrogens is 252 g/mol. The number of ether oxygens (including phenoxy) is 1. The van der Waals surface area contributed by atoms with Crippen LogP contribution in [-0.2, 0) is 4.74 Å². The molecule has 0 atom stereocenters. The highest BCUT2D eigenvalue weighted by Gasteiger charge is 2.19. The summed E-state index contributed by atoms with van der Waals surface area (Å²) in [4.78, 5) is 16.2. The molecule has 2 rings (SSSR count). The molecule has 0 bridgehead atoms. The van der Waals surface area contributed by atoms with Crippen molar-refractivity contribution in [3.63, 3.8) is 0 Å². The number of hydrogen-bond acceptors (Lipinski definition) is 3. The third-order valence-corrected chi connectivity index (χ3v) is 2.95. The van der Waals surface area contributed by atoms with Crippen LogP contribution in [0.2, 0.25) is 5.28 Å². The van der Waals surface area contributed by atoms with Crippen LogP contribution in [0.25, 0.3) is 11.0 Å². The molecule has 0 radical (unpaired) electrons. The van der Waals surface area contributed by atoms with Gasteiger partial charge in [0.15, 0.2) is 0 Å². The van der Waals surface area contributed by atoms with Crippen LogP contribution in [0.4, 0.5) is 0 Å². The Balaban J connectivity index is 2.70. The molecule has 1 heterocycles. The van der Waals surface area contributed by atoms with E-state index in [2.05, 4.69) is 4.98 Å². The molecule has 0 fully saturated rings. The average Bonchev–Trinajstić information content (AvgIpc) is 2.64. The summed E-state index contributed by atoms with van der Waals surface area (Å²) in [6.07, 6.45) is 0. The first-order valence-corrected chi connectivity index (χ1v) is 6.27. The molecule has 96 valence electrons. The number of para-hydroxylation sites is 1. The Labute approximate surface area is 111 Å². The first-order valence-electron chi connectivity index (χ1n) is 5.89. The van der Waals surface area contributed by atoms with Gasteiger partial charge in [-0.2, -0.15) is 0 Å². The maximum absolute atomic E-state index is 11.9. The molecule has 0 unspecified atom stereocenters. The maximum Gasteiger partial charge on any atom is 0.340 e. The van der Waals surface area contributed by atoms with Gasteiger partial charge in [0.2, 0.25) is 5.28 Å². The van der Waals surface area contributed by atoms with E-state index >= 15 is 0 Å². The van der Waals surface area contributed by atoms with Crippen molar-refractivity contribution in [3.05, 3.63) is 29.0 Å². The van der Waals surface area contributed by atoms with E-state index in [1.807, 2.05) is 24.5 Å². The predicted molar refractivity (Wildman–Crippen MR) is 71.1 cm³/mol. The highest BCUT2D eigenvalue weighted by atomic mass is 35.5. The minimum absolute atomic E-state index is 0.123. The Kier molecular flexibility index (Phi) is 3.57. The first kappa shape index (κ1) is 12.9. The number of esters is 1. The van der Waals surface area contributed by atoms with Gasteiger partial charge in [-0.25, -0.2) is 9.78 Å². The minimum atomic E-state index is -0.346. The summed E-state index contributed by atoms with van der Waals surface area (Å²) in [5.74, 6) is -0.346. The molecular formula is C13H15ClN2O2. The second kappa shape index (κ2) is 4.98. The van der Waals surface area contributed by atoms with Crippen LogP contribution in [-0.4, -0.2) is 22.1 Å². The zero-order chi connectivity index (χ0) is 13.3. The van der Waals surface area contributed by atoms with Gasteiger partial charge >= 0.3 is 5.97 Å². The van der Waals surface area contributed by atoms with E-state index in [0.29, 0.717) is 23.0 Å². The number of hydrogen-bond donors (Lipinski definition) is 0. The van der Waals surface area contributed by atoms with E-state index in [1.165, 1.54) is 0 Å². The Bertz CT molecular complexity index is 590. The minimum Gasteiger partial charge on any atom is -0.462 e. The summed E-state index contributed by atoms with van der Waals surface area (Å²) in [5.41, 5.74) is 1.94. The number of benzene rings is 1. The number of carbonyl (C=O) groups excluding carboxylic acids is 1. The monoisotopic (exact) mass is 266 g/mol. The fourth-order valence-electron chi connectivity index (χ4n) is 1.97. The van der Waals surface area contributed by atoms with Crippen LogP contribution in [0.5, 0.6) is 0 Å². The third kappa shape index (κ3) is 2.08. The van der Waals surface area contributed by atoms with Gasteiger partial charge in [0.1, 0.15) is 0 Å². The number of rotatable bonds is 3. The molecule has 0 aliphatic carbocycles. The number of nitrogens with zero attached hydrogens (tertiary/aromatic N) is 2. The molecule has 4 nitrogen and oxygen atoms in total. The third-order valence-electron chi connectivity index (χ3n) is 2.68. The number of imidazole rings is 1. The number of aromatic nitrogens is 2. The molecule has 5 heteroatoms. The highest BCUT2D eigenvalue weighted by Crippen LogP contribution is 2.27. The molecule has 0 N–H and O–H groups in total. The molecule has 0 saturated carbocycles. The summed E-state index contributed by atoms with van der Waals surface area (Å²) in [6, 6.07) is 5.47. The van der Waals surface area contributed by atoms with Crippen molar-refractivity contribution in [1.29, 1.82) is 0 Å². The van der Waals surface area contributed by atoms with Crippen molar-refractivity contribution < 1.29 is 9.53 Å². The quantitative estimate of drug-likeness (QED) is 0.799. The molecule has 0 spiro atoms. The zero-order valence-corrected chi connectivity index (χ0v) is 11.4. The van der Waals surface area contributed by atoms with Crippen molar-refractivity contribution in [3.8, 4) is 0 Å². The number of halogens is 1. The summed E-state index contributed by atoms with van der Waals surface area (Å²) in [7, 11) is 0. The van der Waals surface area contributed by atoms with Gasteiger partial charge in [-0.05, 0) is 44.5 Å². The van der Waals surface area contributed by atoms with Gasteiger partial charge < -0.3 is 9.30 Å². The van der Waals surface area contributed by atoms with Crippen molar-refractivity contribution >= 4 is 28.6 Å². The van der Waals surface area contributed by atoms with Gasteiger partial charge in [-0.15, -0.1) is 0 Å². The Morgan fingerprint density at radius 1 is 1.50 bits per heavy atom. The van der Waals surface area contributed by atoms with Crippen LogP contribution in [0.1, 0.15) is 37.2 Å². The molecule has 0 aliphatic rings. The van der Waals surface area contributed by atoms with E-state index in [1.54, 1.807) is 19.1 Å². The molecule has 2 aromatic rings. The van der Waals surface area contributed by atoms with Gasteiger partial charge in [-0.1, -0.05) is 6.07 Å². The van der Waals surface area contributed by atoms with E-state index < -0.39 is 0 Å². The second-order valence-electron chi connectivity index (χ2n) is 4.24. The lowest BCUT2D eigenvalue weighted by Crippen LogP contribution is -2.09. The van der Waals surface area contributed by atoms with Crippen molar-refractivity contribution in [2.24, 2.45) is 0 Å². The molecule has 18 heavy (non-hydrogen) atoms. The molecule has 0 saturated heterocycles. The van der Waals surface area contributed by atoms with Gasteiger partial charge in [0, 0.05) is 6.04 Å². The zero-order valence-electron chi connectivity index (χ0n) is 10.6. The second-order valence-corrected chi connectivity index (χ2v) is 4.58. The fraction of sp³-hybridized carbons (Fsp3) is 0.385. The van der Waals surface area contributed by atoms with Crippen LogP contribution in [0.3, 0.4) is 0 Å². The van der Waals surface area contributed by atoms with Crippen LogP contribution < -0.4 is 0 Å². The fourth-order valence-corrected chi connectivity index (χ4v) is 2.34. The lowest BCUT2D eigenvalue weighted by Gasteiger charge is -2.12. The molecule has 0 amide bonds.